The Labute approximate surface area is 79.6 Å². The highest BCUT2D eigenvalue weighted by Gasteiger charge is 2.14. The van der Waals surface area contributed by atoms with Crippen LogP contribution in [0.3, 0.4) is 0 Å². The number of ether oxygens (including phenoxy) is 1. The number of hydrogen-bond acceptors (Lipinski definition) is 3. The highest BCUT2D eigenvalue weighted by atomic mass is 19.1. The molecule has 2 N–H and O–H groups in total. The van der Waals surface area contributed by atoms with Crippen LogP contribution in [0.1, 0.15) is 5.56 Å². The number of aliphatic carboxylic acids is 1. The lowest BCUT2D eigenvalue weighted by atomic mass is 10.1. The van der Waals surface area contributed by atoms with Gasteiger partial charge in [0.05, 0.1) is 13.5 Å². The third-order valence-corrected chi connectivity index (χ3v) is 1.73. The van der Waals surface area contributed by atoms with Gasteiger partial charge in [-0.25, -0.2) is 0 Å². The SMILES string of the molecule is COc1ccc(CC(=O)O)c(O)c1F. The van der Waals surface area contributed by atoms with Gasteiger partial charge in [-0.1, -0.05) is 6.07 Å². The first-order valence-corrected chi connectivity index (χ1v) is 3.82. The number of phenolic OH excluding ortho intramolecular Hbond substituents is 1. The number of aromatic hydroxyl groups is 1. The standard InChI is InChI=1S/C9H9FO4/c1-14-6-3-2-5(4-7(11)12)9(13)8(6)10/h2-3,13H,4H2,1H3,(H,11,12). The quantitative estimate of drug-likeness (QED) is 0.768. The molecular weight excluding hydrogens is 191 g/mol. The second-order valence-electron chi connectivity index (χ2n) is 2.66. The molecule has 0 fully saturated rings. The zero-order valence-corrected chi connectivity index (χ0v) is 7.45. The summed E-state index contributed by atoms with van der Waals surface area (Å²) in [5, 5.41) is 17.7. The third kappa shape index (κ3) is 1.93. The number of methoxy groups -OCH3 is 1. The Morgan fingerprint density at radius 1 is 1.57 bits per heavy atom. The van der Waals surface area contributed by atoms with Crippen molar-refractivity contribution in [3.63, 3.8) is 0 Å². The van der Waals surface area contributed by atoms with Gasteiger partial charge in [-0.3, -0.25) is 4.79 Å². The van der Waals surface area contributed by atoms with E-state index in [1.807, 2.05) is 0 Å². The van der Waals surface area contributed by atoms with Crippen LogP contribution in [0.25, 0.3) is 0 Å². The lowest BCUT2D eigenvalue weighted by molar-refractivity contribution is -0.136. The van der Waals surface area contributed by atoms with Gasteiger partial charge < -0.3 is 14.9 Å². The fourth-order valence-corrected chi connectivity index (χ4v) is 1.05. The van der Waals surface area contributed by atoms with Crippen molar-refractivity contribution in [1.82, 2.24) is 0 Å². The maximum atomic E-state index is 13.1. The first-order chi connectivity index (χ1) is 6.56. The van der Waals surface area contributed by atoms with Crippen LogP contribution in [0.4, 0.5) is 4.39 Å². The summed E-state index contributed by atoms with van der Waals surface area (Å²) in [6, 6.07) is 2.58. The minimum Gasteiger partial charge on any atom is -0.505 e. The monoisotopic (exact) mass is 200 g/mol. The fourth-order valence-electron chi connectivity index (χ4n) is 1.05. The smallest absolute Gasteiger partial charge is 0.307 e. The van der Waals surface area contributed by atoms with Crippen LogP contribution in [-0.4, -0.2) is 23.3 Å². The molecule has 14 heavy (non-hydrogen) atoms. The highest BCUT2D eigenvalue weighted by Crippen LogP contribution is 2.29. The normalized spacial score (nSPS) is 9.86. The Morgan fingerprint density at radius 2 is 2.21 bits per heavy atom. The van der Waals surface area contributed by atoms with Crippen molar-refractivity contribution in [2.24, 2.45) is 0 Å². The molecule has 0 radical (unpaired) electrons. The van der Waals surface area contributed by atoms with E-state index in [0.29, 0.717) is 0 Å². The van der Waals surface area contributed by atoms with Gasteiger partial charge >= 0.3 is 5.97 Å². The molecular formula is C9H9FO4. The Bertz CT molecular complexity index is 362. The lowest BCUT2D eigenvalue weighted by Gasteiger charge is -2.06. The summed E-state index contributed by atoms with van der Waals surface area (Å²) in [5.41, 5.74) is 0.0239. The van der Waals surface area contributed by atoms with E-state index in [9.17, 15) is 14.3 Å². The van der Waals surface area contributed by atoms with Crippen molar-refractivity contribution in [3.05, 3.63) is 23.5 Å². The average molecular weight is 200 g/mol. The number of halogens is 1. The van der Waals surface area contributed by atoms with Crippen molar-refractivity contribution < 1.29 is 24.1 Å². The molecule has 0 saturated heterocycles. The van der Waals surface area contributed by atoms with Gasteiger partial charge in [0.25, 0.3) is 0 Å². The zero-order valence-electron chi connectivity index (χ0n) is 7.45. The number of benzene rings is 1. The molecule has 0 unspecified atom stereocenters. The van der Waals surface area contributed by atoms with Crippen LogP contribution in [0.2, 0.25) is 0 Å². The van der Waals surface area contributed by atoms with Crippen LogP contribution < -0.4 is 4.74 Å². The number of carbonyl (C=O) groups is 1. The summed E-state index contributed by atoms with van der Waals surface area (Å²) in [6.07, 6.45) is -0.424. The molecule has 1 aromatic carbocycles. The van der Waals surface area contributed by atoms with Crippen LogP contribution in [0.5, 0.6) is 11.5 Å². The molecule has 0 heterocycles. The Morgan fingerprint density at radius 3 is 2.71 bits per heavy atom. The maximum Gasteiger partial charge on any atom is 0.307 e. The van der Waals surface area contributed by atoms with Gasteiger partial charge in [0.15, 0.2) is 11.5 Å². The van der Waals surface area contributed by atoms with Gasteiger partial charge in [0.2, 0.25) is 5.82 Å². The van der Waals surface area contributed by atoms with Crippen LogP contribution in [0.15, 0.2) is 12.1 Å². The average Bonchev–Trinajstić information content (AvgIpc) is 2.13. The molecule has 0 bridgehead atoms. The number of rotatable bonds is 3. The molecule has 1 aromatic rings. The predicted molar refractivity (Wildman–Crippen MR) is 46.0 cm³/mol. The van der Waals surface area contributed by atoms with Gasteiger partial charge in [-0.2, -0.15) is 4.39 Å². The molecule has 0 aliphatic rings. The first kappa shape index (κ1) is 10.3. The number of phenols is 1. The Balaban J connectivity index is 3.10. The van der Waals surface area contributed by atoms with Gasteiger partial charge in [-0.15, -0.1) is 0 Å². The zero-order chi connectivity index (χ0) is 10.7. The largest absolute Gasteiger partial charge is 0.505 e. The van der Waals surface area contributed by atoms with E-state index >= 15 is 0 Å². The van der Waals surface area contributed by atoms with Crippen LogP contribution in [-0.2, 0) is 11.2 Å². The van der Waals surface area contributed by atoms with Crippen molar-refractivity contribution in [2.45, 2.75) is 6.42 Å². The molecule has 5 heteroatoms. The third-order valence-electron chi connectivity index (χ3n) is 1.73. The highest BCUT2D eigenvalue weighted by molar-refractivity contribution is 5.71. The van der Waals surface area contributed by atoms with E-state index in [1.54, 1.807) is 0 Å². The summed E-state index contributed by atoms with van der Waals surface area (Å²) in [7, 11) is 1.26. The van der Waals surface area contributed by atoms with Gasteiger partial charge in [0.1, 0.15) is 0 Å². The van der Waals surface area contributed by atoms with Crippen LogP contribution in [0, 0.1) is 5.82 Å². The minimum atomic E-state index is -1.13. The first-order valence-electron chi connectivity index (χ1n) is 3.82. The van der Waals surface area contributed by atoms with Crippen molar-refractivity contribution in [3.8, 4) is 11.5 Å². The molecule has 0 spiro atoms. The summed E-state index contributed by atoms with van der Waals surface area (Å²) >= 11 is 0. The van der Waals surface area contributed by atoms with E-state index in [-0.39, 0.29) is 11.3 Å². The molecule has 0 aliphatic carbocycles. The second kappa shape index (κ2) is 3.95. The number of hydrogen-bond donors (Lipinski definition) is 2. The maximum absolute atomic E-state index is 13.1. The number of carboxylic acid groups (broad SMARTS) is 1. The van der Waals surface area contributed by atoms with Crippen molar-refractivity contribution >= 4 is 5.97 Å². The predicted octanol–water partition coefficient (Wildman–Crippen LogP) is 1.17. The summed E-state index contributed by atoms with van der Waals surface area (Å²) in [4.78, 5) is 10.3. The Kier molecular flexibility index (Phi) is 2.91. The minimum absolute atomic E-state index is 0.0239. The molecule has 0 amide bonds. The van der Waals surface area contributed by atoms with Crippen molar-refractivity contribution in [1.29, 1.82) is 0 Å². The van der Waals surface area contributed by atoms with E-state index in [2.05, 4.69) is 4.74 Å². The molecule has 4 nitrogen and oxygen atoms in total. The molecule has 0 aliphatic heterocycles. The molecule has 76 valence electrons. The van der Waals surface area contributed by atoms with Gasteiger partial charge in [-0.05, 0) is 6.07 Å². The summed E-state index contributed by atoms with van der Waals surface area (Å²) in [6.45, 7) is 0. The Hall–Kier alpha value is -1.78. The topological polar surface area (TPSA) is 66.8 Å². The number of carboxylic acids is 1. The van der Waals surface area contributed by atoms with E-state index in [4.69, 9.17) is 5.11 Å². The summed E-state index contributed by atoms with van der Waals surface area (Å²) < 4.78 is 17.7. The van der Waals surface area contributed by atoms with E-state index < -0.39 is 24.0 Å². The molecule has 0 atom stereocenters. The lowest BCUT2D eigenvalue weighted by Crippen LogP contribution is -2.01. The van der Waals surface area contributed by atoms with Gasteiger partial charge in [0, 0.05) is 5.56 Å². The van der Waals surface area contributed by atoms with Crippen LogP contribution >= 0.6 is 0 Å². The van der Waals surface area contributed by atoms with E-state index in [0.717, 1.165) is 0 Å². The van der Waals surface area contributed by atoms with E-state index in [1.165, 1.54) is 19.2 Å². The summed E-state index contributed by atoms with van der Waals surface area (Å²) in [5.74, 6) is -2.86. The molecule has 1 rings (SSSR count). The van der Waals surface area contributed by atoms with Crippen molar-refractivity contribution in [2.75, 3.05) is 7.11 Å². The molecule has 0 saturated carbocycles. The molecule has 0 aromatic heterocycles. The second-order valence-corrected chi connectivity index (χ2v) is 2.66. The fraction of sp³-hybridized carbons (Fsp3) is 0.222.